The average molecular weight is 420 g/mol. The summed E-state index contributed by atoms with van der Waals surface area (Å²) >= 11 is 3.44. The molecule has 0 aliphatic carbocycles. The molecule has 3 heterocycles. The minimum atomic E-state index is -0.702. The third kappa shape index (κ3) is 2.62. The van der Waals surface area contributed by atoms with Crippen LogP contribution in [0.25, 0.3) is 0 Å². The molecule has 6 heteroatoms. The Bertz CT molecular complexity index is 775. The summed E-state index contributed by atoms with van der Waals surface area (Å²) < 4.78 is 12.5. The first kappa shape index (κ1) is 17.7. The molecule has 5 nitrogen and oxygen atoms in total. The van der Waals surface area contributed by atoms with Crippen LogP contribution in [0.15, 0.2) is 40.9 Å². The molecule has 26 heavy (non-hydrogen) atoms. The molecule has 5 atom stereocenters. The van der Waals surface area contributed by atoms with Crippen LogP contribution in [-0.4, -0.2) is 41.1 Å². The normalized spacial score (nSPS) is 33.0. The van der Waals surface area contributed by atoms with E-state index in [0.717, 1.165) is 10.0 Å². The number of carbonyl (C=O) groups excluding carboxylic acids is 2. The van der Waals surface area contributed by atoms with Crippen LogP contribution in [-0.2, 0) is 19.1 Å². The first-order chi connectivity index (χ1) is 12.3. The highest BCUT2D eigenvalue weighted by molar-refractivity contribution is 9.10. The van der Waals surface area contributed by atoms with Gasteiger partial charge in [0.25, 0.3) is 0 Å². The molecule has 3 aliphatic heterocycles. The van der Waals surface area contributed by atoms with Crippen LogP contribution >= 0.6 is 15.9 Å². The number of benzene rings is 1. The molecule has 2 saturated heterocycles. The van der Waals surface area contributed by atoms with Crippen molar-refractivity contribution in [1.82, 2.24) is 4.90 Å². The number of amides is 1. The molecule has 1 aromatic carbocycles. The van der Waals surface area contributed by atoms with E-state index in [-0.39, 0.29) is 30.1 Å². The summed E-state index contributed by atoms with van der Waals surface area (Å²) in [5.74, 6) is -1.43. The van der Waals surface area contributed by atoms with Crippen molar-refractivity contribution in [3.05, 3.63) is 46.5 Å². The second kappa shape index (κ2) is 6.20. The van der Waals surface area contributed by atoms with Gasteiger partial charge in [-0.2, -0.15) is 0 Å². The summed E-state index contributed by atoms with van der Waals surface area (Å²) in [4.78, 5) is 27.7. The van der Waals surface area contributed by atoms with Gasteiger partial charge in [0, 0.05) is 4.47 Å². The maximum Gasteiger partial charge on any atom is 0.313 e. The molecule has 0 N–H and O–H groups in total. The van der Waals surface area contributed by atoms with E-state index in [2.05, 4.69) is 15.9 Å². The van der Waals surface area contributed by atoms with E-state index in [4.69, 9.17) is 9.47 Å². The Morgan fingerprint density at radius 2 is 2.00 bits per heavy atom. The number of ether oxygens (including phenoxy) is 2. The minimum Gasteiger partial charge on any atom is -0.463 e. The van der Waals surface area contributed by atoms with Gasteiger partial charge < -0.3 is 14.4 Å². The lowest BCUT2D eigenvalue weighted by Crippen LogP contribution is -2.40. The Labute approximate surface area is 161 Å². The highest BCUT2D eigenvalue weighted by atomic mass is 79.9. The van der Waals surface area contributed by atoms with Crippen LogP contribution in [0, 0.1) is 11.8 Å². The van der Waals surface area contributed by atoms with Crippen LogP contribution in [0.1, 0.15) is 32.4 Å². The lowest BCUT2D eigenvalue weighted by molar-refractivity contribution is -0.157. The quantitative estimate of drug-likeness (QED) is 0.555. The van der Waals surface area contributed by atoms with Crippen molar-refractivity contribution in [2.75, 3.05) is 6.54 Å². The SMILES string of the molecule is CC(C)OC(=O)C1[C@H]2C(=O)N(C(C)c3ccc(Br)cc3)C[C@]23C=C[C@H]1O3. The summed E-state index contributed by atoms with van der Waals surface area (Å²) in [5, 5.41) is 0. The van der Waals surface area contributed by atoms with E-state index >= 15 is 0 Å². The number of fused-ring (bicyclic) bond motifs is 1. The molecule has 0 radical (unpaired) electrons. The Morgan fingerprint density at radius 1 is 1.31 bits per heavy atom. The Morgan fingerprint density at radius 3 is 2.65 bits per heavy atom. The largest absolute Gasteiger partial charge is 0.463 e. The number of hydrogen-bond acceptors (Lipinski definition) is 4. The molecule has 1 amide bonds. The molecule has 138 valence electrons. The maximum atomic E-state index is 13.2. The van der Waals surface area contributed by atoms with Crippen molar-refractivity contribution in [3.63, 3.8) is 0 Å². The smallest absolute Gasteiger partial charge is 0.313 e. The highest BCUT2D eigenvalue weighted by Crippen LogP contribution is 2.53. The number of hydrogen-bond donors (Lipinski definition) is 0. The monoisotopic (exact) mass is 419 g/mol. The predicted octanol–water partition coefficient (Wildman–Crippen LogP) is 3.24. The molecule has 3 aliphatic rings. The van der Waals surface area contributed by atoms with E-state index in [1.807, 2.05) is 62.1 Å². The van der Waals surface area contributed by atoms with Crippen LogP contribution < -0.4 is 0 Å². The van der Waals surface area contributed by atoms with Crippen LogP contribution in [0.2, 0.25) is 0 Å². The fourth-order valence-corrected chi connectivity index (χ4v) is 4.62. The van der Waals surface area contributed by atoms with Gasteiger partial charge in [-0.15, -0.1) is 0 Å². The third-order valence-corrected chi connectivity index (χ3v) is 6.10. The Hall–Kier alpha value is -1.66. The predicted molar refractivity (Wildman–Crippen MR) is 99.2 cm³/mol. The molecule has 4 rings (SSSR count). The van der Waals surface area contributed by atoms with E-state index < -0.39 is 17.4 Å². The lowest BCUT2D eigenvalue weighted by atomic mass is 9.77. The van der Waals surface area contributed by atoms with Gasteiger partial charge in [0.05, 0.1) is 30.7 Å². The van der Waals surface area contributed by atoms with E-state index in [0.29, 0.717) is 6.54 Å². The number of rotatable bonds is 4. The number of nitrogens with zero attached hydrogens (tertiary/aromatic N) is 1. The van der Waals surface area contributed by atoms with Crippen molar-refractivity contribution in [3.8, 4) is 0 Å². The van der Waals surface area contributed by atoms with Crippen LogP contribution in [0.3, 0.4) is 0 Å². The second-order valence-electron chi connectivity index (χ2n) is 7.58. The number of esters is 1. The molecule has 1 spiro atoms. The van der Waals surface area contributed by atoms with Gasteiger partial charge in [0.1, 0.15) is 11.5 Å². The maximum absolute atomic E-state index is 13.2. The topological polar surface area (TPSA) is 55.8 Å². The molecule has 0 aromatic heterocycles. The van der Waals surface area contributed by atoms with Gasteiger partial charge in [0.2, 0.25) is 5.91 Å². The molecule has 1 aromatic rings. The van der Waals surface area contributed by atoms with Crippen molar-refractivity contribution in [1.29, 1.82) is 0 Å². The van der Waals surface area contributed by atoms with E-state index in [1.165, 1.54) is 0 Å². The average Bonchev–Trinajstić information content (AvgIpc) is 3.22. The summed E-state index contributed by atoms with van der Waals surface area (Å²) in [6, 6.07) is 7.86. The van der Waals surface area contributed by atoms with Gasteiger partial charge >= 0.3 is 5.97 Å². The zero-order valence-corrected chi connectivity index (χ0v) is 16.6. The van der Waals surface area contributed by atoms with Gasteiger partial charge in [-0.05, 0) is 38.5 Å². The van der Waals surface area contributed by atoms with Gasteiger partial charge in [-0.3, -0.25) is 9.59 Å². The third-order valence-electron chi connectivity index (χ3n) is 5.57. The van der Waals surface area contributed by atoms with Gasteiger partial charge in [0.15, 0.2) is 0 Å². The standard InChI is InChI=1S/C20H22BrNO4/c1-11(2)25-19(24)16-15-8-9-20(26-15)10-22(18(23)17(16)20)12(3)13-4-6-14(21)7-5-13/h4-9,11-12,15-17H,10H2,1-3H3/t12?,15-,16?,17+,20-/m1/s1. The summed E-state index contributed by atoms with van der Waals surface area (Å²) in [7, 11) is 0. The van der Waals surface area contributed by atoms with Crippen molar-refractivity contribution in [2.45, 2.75) is 44.6 Å². The van der Waals surface area contributed by atoms with Crippen molar-refractivity contribution >= 4 is 27.8 Å². The van der Waals surface area contributed by atoms with Gasteiger partial charge in [-0.1, -0.05) is 40.2 Å². The van der Waals surface area contributed by atoms with Crippen LogP contribution in [0.5, 0.6) is 0 Å². The summed E-state index contributed by atoms with van der Waals surface area (Å²) in [5.41, 5.74) is 0.351. The van der Waals surface area contributed by atoms with Crippen LogP contribution in [0.4, 0.5) is 0 Å². The molecule has 2 fully saturated rings. The van der Waals surface area contributed by atoms with E-state index in [1.54, 1.807) is 0 Å². The summed E-state index contributed by atoms with van der Waals surface area (Å²) in [6.07, 6.45) is 3.30. The highest BCUT2D eigenvalue weighted by Gasteiger charge is 2.67. The van der Waals surface area contributed by atoms with Crippen molar-refractivity contribution < 1.29 is 19.1 Å². The fraction of sp³-hybridized carbons (Fsp3) is 0.500. The first-order valence-corrected chi connectivity index (χ1v) is 9.75. The lowest BCUT2D eigenvalue weighted by Gasteiger charge is -2.27. The number of carbonyl (C=O) groups is 2. The fourth-order valence-electron chi connectivity index (χ4n) is 4.36. The molecule has 2 unspecified atom stereocenters. The zero-order chi connectivity index (χ0) is 18.6. The molecular formula is C20H22BrNO4. The minimum absolute atomic E-state index is 0.0297. The second-order valence-corrected chi connectivity index (χ2v) is 8.49. The first-order valence-electron chi connectivity index (χ1n) is 8.96. The molecular weight excluding hydrogens is 398 g/mol. The van der Waals surface area contributed by atoms with E-state index in [9.17, 15) is 9.59 Å². The number of likely N-dealkylation sites (tertiary alicyclic amines) is 1. The summed E-state index contributed by atoms with van der Waals surface area (Å²) in [6.45, 7) is 6.11. The Kier molecular flexibility index (Phi) is 4.23. The Balaban J connectivity index is 1.61. The zero-order valence-electron chi connectivity index (χ0n) is 15.0. The number of halogens is 1. The van der Waals surface area contributed by atoms with Crippen molar-refractivity contribution in [2.24, 2.45) is 11.8 Å². The molecule has 2 bridgehead atoms. The van der Waals surface area contributed by atoms with Gasteiger partial charge in [-0.25, -0.2) is 0 Å². The molecule has 0 saturated carbocycles.